The van der Waals surface area contributed by atoms with E-state index in [9.17, 15) is 4.79 Å². The van der Waals surface area contributed by atoms with Crippen LogP contribution in [0.4, 0.5) is 5.69 Å². The fraction of sp³-hybridized carbons (Fsp3) is 0.235. The van der Waals surface area contributed by atoms with Crippen LogP contribution in [0.1, 0.15) is 18.1 Å². The Hall–Kier alpha value is -2.13. The number of para-hydroxylation sites is 1. The van der Waals surface area contributed by atoms with Crippen molar-refractivity contribution in [2.75, 3.05) is 12.2 Å². The molecule has 1 heterocycles. The van der Waals surface area contributed by atoms with Gasteiger partial charge in [-0.3, -0.25) is 4.84 Å². The van der Waals surface area contributed by atoms with Crippen LogP contribution in [-0.4, -0.2) is 19.4 Å². The van der Waals surface area contributed by atoms with E-state index < -0.39 is 5.41 Å². The normalized spacial score (nSPS) is 24.5. The van der Waals surface area contributed by atoms with Crippen LogP contribution in [0.5, 0.6) is 0 Å². The summed E-state index contributed by atoms with van der Waals surface area (Å²) in [6.45, 7) is 2.10. The van der Waals surface area contributed by atoms with Gasteiger partial charge in [-0.1, -0.05) is 48.5 Å². The van der Waals surface area contributed by atoms with E-state index in [1.54, 1.807) is 12.2 Å². The Morgan fingerprint density at radius 1 is 1.10 bits per heavy atom. The zero-order valence-electron chi connectivity index (χ0n) is 11.6. The monoisotopic (exact) mass is 267 g/mol. The number of anilines is 1. The zero-order valence-corrected chi connectivity index (χ0v) is 11.6. The third kappa shape index (κ3) is 1.60. The fourth-order valence-corrected chi connectivity index (χ4v) is 3.16. The van der Waals surface area contributed by atoms with Crippen molar-refractivity contribution in [3.8, 4) is 0 Å². The summed E-state index contributed by atoms with van der Waals surface area (Å²) >= 11 is 0. The van der Waals surface area contributed by atoms with Crippen LogP contribution < -0.4 is 5.06 Å². The quantitative estimate of drug-likeness (QED) is 0.801. The van der Waals surface area contributed by atoms with Crippen LogP contribution in [0.2, 0.25) is 0 Å². The molecule has 1 aliphatic rings. The lowest BCUT2D eigenvalue weighted by atomic mass is 9.73. The summed E-state index contributed by atoms with van der Waals surface area (Å²) in [7, 11) is 1.60. The smallest absolute Gasteiger partial charge is 0.146 e. The molecule has 1 aliphatic heterocycles. The molecule has 0 spiro atoms. The molecule has 2 unspecified atom stereocenters. The minimum atomic E-state index is -0.407. The second kappa shape index (κ2) is 4.76. The average molecular weight is 267 g/mol. The molecule has 0 saturated carbocycles. The number of benzene rings is 2. The summed E-state index contributed by atoms with van der Waals surface area (Å²) in [5.41, 5.74) is 2.78. The van der Waals surface area contributed by atoms with E-state index in [0.29, 0.717) is 0 Å². The van der Waals surface area contributed by atoms with Gasteiger partial charge in [0.15, 0.2) is 0 Å². The van der Waals surface area contributed by atoms with Crippen molar-refractivity contribution < 1.29 is 9.63 Å². The van der Waals surface area contributed by atoms with Gasteiger partial charge >= 0.3 is 0 Å². The number of carbonyl (C=O) groups is 1. The van der Waals surface area contributed by atoms with Crippen molar-refractivity contribution in [1.82, 2.24) is 0 Å². The first-order valence-electron chi connectivity index (χ1n) is 6.67. The van der Waals surface area contributed by atoms with Crippen molar-refractivity contribution in [3.05, 3.63) is 65.7 Å². The molecular formula is C17H17NO2. The lowest BCUT2D eigenvalue weighted by molar-refractivity contribution is -0.111. The number of rotatable bonds is 3. The molecule has 2 aromatic carbocycles. The molecule has 0 amide bonds. The minimum Gasteiger partial charge on any atom is -0.301 e. The second-order valence-corrected chi connectivity index (χ2v) is 5.17. The Kier molecular flexibility index (Phi) is 3.07. The van der Waals surface area contributed by atoms with Gasteiger partial charge in [-0.05, 0) is 24.1 Å². The molecule has 3 rings (SSSR count). The number of hydrogen-bond acceptors (Lipinski definition) is 3. The average Bonchev–Trinajstić information content (AvgIpc) is 2.78. The van der Waals surface area contributed by atoms with Crippen LogP contribution in [0.25, 0.3) is 0 Å². The molecule has 2 aromatic rings. The third-order valence-electron chi connectivity index (χ3n) is 4.24. The summed E-state index contributed by atoms with van der Waals surface area (Å²) in [6.07, 6.45) is 0.969. The molecule has 0 aliphatic carbocycles. The highest BCUT2D eigenvalue weighted by atomic mass is 16.7. The third-order valence-corrected chi connectivity index (χ3v) is 4.24. The van der Waals surface area contributed by atoms with Crippen molar-refractivity contribution >= 4 is 12.0 Å². The lowest BCUT2D eigenvalue weighted by Gasteiger charge is -2.32. The van der Waals surface area contributed by atoms with Crippen molar-refractivity contribution in [2.24, 2.45) is 0 Å². The van der Waals surface area contributed by atoms with Gasteiger partial charge in [-0.15, -0.1) is 0 Å². The summed E-state index contributed by atoms with van der Waals surface area (Å²) in [5, 5.41) is 1.70. The second-order valence-electron chi connectivity index (χ2n) is 5.17. The first kappa shape index (κ1) is 12.9. The van der Waals surface area contributed by atoms with E-state index >= 15 is 0 Å². The van der Waals surface area contributed by atoms with Gasteiger partial charge in [0, 0.05) is 5.41 Å². The molecule has 0 N–H and O–H groups in total. The van der Waals surface area contributed by atoms with Gasteiger partial charge in [0.05, 0.1) is 12.8 Å². The molecule has 3 nitrogen and oxygen atoms in total. The molecule has 20 heavy (non-hydrogen) atoms. The number of nitrogens with zero attached hydrogens (tertiary/aromatic N) is 1. The first-order chi connectivity index (χ1) is 9.73. The Labute approximate surface area is 118 Å². The van der Waals surface area contributed by atoms with E-state index in [1.165, 1.54) is 0 Å². The summed E-state index contributed by atoms with van der Waals surface area (Å²) in [6, 6.07) is 17.8. The van der Waals surface area contributed by atoms with E-state index in [0.717, 1.165) is 23.1 Å². The van der Waals surface area contributed by atoms with Crippen molar-refractivity contribution in [1.29, 1.82) is 0 Å². The van der Waals surface area contributed by atoms with Gasteiger partial charge in [0.1, 0.15) is 12.3 Å². The fourth-order valence-electron chi connectivity index (χ4n) is 3.16. The zero-order chi connectivity index (χ0) is 14.2. The van der Waals surface area contributed by atoms with E-state index in [1.807, 2.05) is 36.4 Å². The highest BCUT2D eigenvalue weighted by Gasteiger charge is 2.49. The van der Waals surface area contributed by atoms with Gasteiger partial charge in [-0.25, -0.2) is 5.06 Å². The number of aldehydes is 1. The predicted octanol–water partition coefficient (Wildman–Crippen LogP) is 2.94. The molecule has 3 heteroatoms. The SMILES string of the molecule is CON1c2ccccc2C(C)(c2ccccc2)C1C=O. The van der Waals surface area contributed by atoms with Crippen LogP contribution in [0.3, 0.4) is 0 Å². The minimum absolute atomic E-state index is 0.368. The van der Waals surface area contributed by atoms with Crippen LogP contribution in [0.15, 0.2) is 54.6 Å². The molecular weight excluding hydrogens is 250 g/mol. The van der Waals surface area contributed by atoms with Crippen LogP contribution in [-0.2, 0) is 15.0 Å². The predicted molar refractivity (Wildman–Crippen MR) is 78.7 cm³/mol. The maximum Gasteiger partial charge on any atom is 0.146 e. The maximum absolute atomic E-state index is 11.7. The van der Waals surface area contributed by atoms with E-state index in [-0.39, 0.29) is 6.04 Å². The number of hydrogen-bond donors (Lipinski definition) is 0. The summed E-state index contributed by atoms with van der Waals surface area (Å²) < 4.78 is 0. The lowest BCUT2D eigenvalue weighted by Crippen LogP contribution is -2.44. The van der Waals surface area contributed by atoms with Gasteiger partial charge in [0.2, 0.25) is 0 Å². The van der Waals surface area contributed by atoms with Crippen LogP contribution >= 0.6 is 0 Å². The molecule has 102 valence electrons. The molecule has 0 bridgehead atoms. The number of fused-ring (bicyclic) bond motifs is 1. The van der Waals surface area contributed by atoms with Crippen LogP contribution in [0, 0.1) is 0 Å². The number of hydroxylamine groups is 1. The first-order valence-corrected chi connectivity index (χ1v) is 6.67. The van der Waals surface area contributed by atoms with E-state index in [2.05, 4.69) is 25.1 Å². The summed E-state index contributed by atoms with van der Waals surface area (Å²) in [5.74, 6) is 0. The largest absolute Gasteiger partial charge is 0.301 e. The van der Waals surface area contributed by atoms with Gasteiger partial charge in [0.25, 0.3) is 0 Å². The molecule has 2 atom stereocenters. The molecule has 0 radical (unpaired) electrons. The highest BCUT2D eigenvalue weighted by Crippen LogP contribution is 2.48. The number of carbonyl (C=O) groups excluding carboxylic acids is 1. The highest BCUT2D eigenvalue weighted by molar-refractivity contribution is 5.78. The van der Waals surface area contributed by atoms with Crippen molar-refractivity contribution in [3.63, 3.8) is 0 Å². The standard InChI is InChI=1S/C17H17NO2/c1-17(13-8-4-3-5-9-13)14-10-6-7-11-15(14)18(20-2)16(17)12-19/h3-12,16H,1-2H3. The Morgan fingerprint density at radius 2 is 1.75 bits per heavy atom. The Bertz CT molecular complexity index is 626. The molecule has 0 aromatic heterocycles. The van der Waals surface area contributed by atoms with E-state index in [4.69, 9.17) is 4.84 Å². The maximum atomic E-state index is 11.7. The molecule has 0 fully saturated rings. The van der Waals surface area contributed by atoms with Crippen molar-refractivity contribution in [2.45, 2.75) is 18.4 Å². The Balaban J connectivity index is 2.26. The summed E-state index contributed by atoms with van der Waals surface area (Å²) in [4.78, 5) is 17.2. The molecule has 0 saturated heterocycles. The topological polar surface area (TPSA) is 29.5 Å². The van der Waals surface area contributed by atoms with Gasteiger partial charge < -0.3 is 4.79 Å². The van der Waals surface area contributed by atoms with Gasteiger partial charge in [-0.2, -0.15) is 0 Å². The Morgan fingerprint density at radius 3 is 2.40 bits per heavy atom.